The maximum atomic E-state index is 10.4. The normalized spacial score (nSPS) is 13.1. The maximum absolute atomic E-state index is 10.4. The molecule has 3 aromatic rings. The number of aliphatic hydroxyl groups is 2. The van der Waals surface area contributed by atoms with E-state index in [0.29, 0.717) is 24.3 Å². The highest BCUT2D eigenvalue weighted by atomic mass is 16.5. The number of hydrogen-bond donors (Lipinski definition) is 2. The smallest absolute Gasteiger partial charge is 0.167 e. The van der Waals surface area contributed by atoms with Gasteiger partial charge in [-0.15, -0.1) is 0 Å². The number of hydrogen-bond acceptors (Lipinski definition) is 6. The van der Waals surface area contributed by atoms with E-state index in [1.54, 1.807) is 20.3 Å². The first-order valence-corrected chi connectivity index (χ1v) is 9.19. The molecule has 0 aliphatic rings. The second-order valence-electron chi connectivity index (χ2n) is 6.64. The van der Waals surface area contributed by atoms with Crippen molar-refractivity contribution in [2.75, 3.05) is 14.2 Å². The zero-order valence-electron chi connectivity index (χ0n) is 16.0. The quantitative estimate of drug-likeness (QED) is 0.585. The van der Waals surface area contributed by atoms with E-state index >= 15 is 0 Å². The SMILES string of the molecule is COc1ccc(CC[C@H](O)C[C@H](O)c2cc(-c3ccc(OC)cc3)on2)cc1. The van der Waals surface area contributed by atoms with Gasteiger partial charge in [0.1, 0.15) is 23.3 Å². The fraction of sp³-hybridized carbons (Fsp3) is 0.318. The van der Waals surface area contributed by atoms with Gasteiger partial charge in [-0.3, -0.25) is 0 Å². The molecule has 2 aromatic carbocycles. The highest BCUT2D eigenvalue weighted by molar-refractivity contribution is 5.58. The first-order valence-electron chi connectivity index (χ1n) is 9.19. The summed E-state index contributed by atoms with van der Waals surface area (Å²) in [6.07, 6.45) is -0.0645. The molecule has 0 radical (unpaired) electrons. The highest BCUT2D eigenvalue weighted by Crippen LogP contribution is 2.27. The van der Waals surface area contributed by atoms with Crippen LogP contribution in [-0.4, -0.2) is 35.7 Å². The predicted molar refractivity (Wildman–Crippen MR) is 105 cm³/mol. The Labute approximate surface area is 164 Å². The lowest BCUT2D eigenvalue weighted by molar-refractivity contribution is 0.0717. The van der Waals surface area contributed by atoms with Gasteiger partial charge in [0.25, 0.3) is 0 Å². The van der Waals surface area contributed by atoms with Gasteiger partial charge in [0.2, 0.25) is 0 Å². The van der Waals surface area contributed by atoms with Gasteiger partial charge in [0.05, 0.1) is 20.3 Å². The molecule has 148 valence electrons. The summed E-state index contributed by atoms with van der Waals surface area (Å²) in [6, 6.07) is 16.8. The molecule has 1 heterocycles. The van der Waals surface area contributed by atoms with Crippen LogP contribution >= 0.6 is 0 Å². The van der Waals surface area contributed by atoms with Crippen molar-refractivity contribution in [1.29, 1.82) is 0 Å². The van der Waals surface area contributed by atoms with Gasteiger partial charge in [-0.1, -0.05) is 17.3 Å². The van der Waals surface area contributed by atoms with Crippen molar-refractivity contribution in [3.05, 3.63) is 65.9 Å². The molecule has 2 atom stereocenters. The van der Waals surface area contributed by atoms with Gasteiger partial charge in [0, 0.05) is 18.1 Å². The number of rotatable bonds is 9. The number of aliphatic hydroxyl groups excluding tert-OH is 2. The van der Waals surface area contributed by atoms with Crippen LogP contribution in [0.3, 0.4) is 0 Å². The van der Waals surface area contributed by atoms with Gasteiger partial charge in [-0.2, -0.15) is 0 Å². The van der Waals surface area contributed by atoms with Crippen LogP contribution in [-0.2, 0) is 6.42 Å². The molecule has 3 rings (SSSR count). The summed E-state index contributed by atoms with van der Waals surface area (Å²) in [5, 5.41) is 24.6. The molecule has 0 amide bonds. The van der Waals surface area contributed by atoms with E-state index in [4.69, 9.17) is 14.0 Å². The Bertz CT molecular complexity index is 857. The summed E-state index contributed by atoms with van der Waals surface area (Å²) in [5.41, 5.74) is 2.36. The average molecular weight is 383 g/mol. The van der Waals surface area contributed by atoms with Gasteiger partial charge >= 0.3 is 0 Å². The minimum atomic E-state index is -0.887. The molecule has 2 N–H and O–H groups in total. The molecule has 0 unspecified atom stereocenters. The standard InChI is InChI=1S/C22H25NO5/c1-26-18-9-4-15(5-10-18)3-8-17(24)13-21(25)20-14-22(28-23-20)16-6-11-19(27-2)12-7-16/h4-7,9-12,14,17,21,24-25H,3,8,13H2,1-2H3/t17-,21-/m0/s1. The van der Waals surface area contributed by atoms with E-state index < -0.39 is 12.2 Å². The molecule has 0 saturated carbocycles. The predicted octanol–water partition coefficient (Wildman–Crippen LogP) is 3.78. The minimum Gasteiger partial charge on any atom is -0.497 e. The van der Waals surface area contributed by atoms with Gasteiger partial charge in [0.15, 0.2) is 5.76 Å². The molecule has 0 spiro atoms. The van der Waals surface area contributed by atoms with Crippen LogP contribution in [0.5, 0.6) is 11.5 Å². The van der Waals surface area contributed by atoms with Gasteiger partial charge in [-0.05, 0) is 54.8 Å². The Morgan fingerprint density at radius 1 is 0.929 bits per heavy atom. The monoisotopic (exact) mass is 383 g/mol. The van der Waals surface area contributed by atoms with Crippen molar-refractivity contribution in [3.63, 3.8) is 0 Å². The van der Waals surface area contributed by atoms with E-state index in [2.05, 4.69) is 5.16 Å². The summed E-state index contributed by atoms with van der Waals surface area (Å²) in [6.45, 7) is 0. The van der Waals surface area contributed by atoms with Crippen LogP contribution in [0.15, 0.2) is 59.1 Å². The molecule has 0 aliphatic heterocycles. The number of aryl methyl sites for hydroxylation is 1. The van der Waals surface area contributed by atoms with Crippen molar-refractivity contribution >= 4 is 0 Å². The number of methoxy groups -OCH3 is 2. The van der Waals surface area contributed by atoms with E-state index in [1.165, 1.54) is 0 Å². The van der Waals surface area contributed by atoms with Crippen LogP contribution in [0.1, 0.15) is 30.2 Å². The number of nitrogens with zero attached hydrogens (tertiary/aromatic N) is 1. The Balaban J connectivity index is 1.53. The molecule has 6 nitrogen and oxygen atoms in total. The Morgan fingerprint density at radius 2 is 1.54 bits per heavy atom. The summed E-state index contributed by atoms with van der Waals surface area (Å²) < 4.78 is 15.6. The summed E-state index contributed by atoms with van der Waals surface area (Å²) in [4.78, 5) is 0. The average Bonchev–Trinajstić information content (AvgIpc) is 3.23. The molecule has 1 aromatic heterocycles. The third-order valence-electron chi connectivity index (χ3n) is 4.66. The van der Waals surface area contributed by atoms with Crippen molar-refractivity contribution in [2.45, 2.75) is 31.5 Å². The van der Waals surface area contributed by atoms with E-state index in [0.717, 1.165) is 22.6 Å². The van der Waals surface area contributed by atoms with E-state index in [-0.39, 0.29) is 6.42 Å². The molecule has 6 heteroatoms. The first kappa shape index (κ1) is 19.9. The Kier molecular flexibility index (Phi) is 6.68. The summed E-state index contributed by atoms with van der Waals surface area (Å²) in [7, 11) is 3.24. The minimum absolute atomic E-state index is 0.199. The third kappa shape index (κ3) is 5.12. The summed E-state index contributed by atoms with van der Waals surface area (Å²) in [5.74, 6) is 2.12. The molecule has 0 aliphatic carbocycles. The molecular weight excluding hydrogens is 358 g/mol. The number of benzene rings is 2. The molecular formula is C22H25NO5. The third-order valence-corrected chi connectivity index (χ3v) is 4.66. The van der Waals surface area contributed by atoms with Gasteiger partial charge < -0.3 is 24.2 Å². The van der Waals surface area contributed by atoms with E-state index in [1.807, 2.05) is 48.5 Å². The molecule has 28 heavy (non-hydrogen) atoms. The lowest BCUT2D eigenvalue weighted by Gasteiger charge is -2.13. The Hall–Kier alpha value is -2.83. The maximum Gasteiger partial charge on any atom is 0.167 e. The first-order chi connectivity index (χ1) is 13.6. The van der Waals surface area contributed by atoms with Crippen molar-refractivity contribution in [2.24, 2.45) is 0 Å². The lowest BCUT2D eigenvalue weighted by atomic mass is 10.0. The summed E-state index contributed by atoms with van der Waals surface area (Å²) >= 11 is 0. The van der Waals surface area contributed by atoms with Crippen molar-refractivity contribution < 1.29 is 24.2 Å². The second kappa shape index (κ2) is 9.39. The van der Waals surface area contributed by atoms with Crippen LogP contribution in [0.25, 0.3) is 11.3 Å². The number of aromatic nitrogens is 1. The molecule has 0 bridgehead atoms. The zero-order valence-corrected chi connectivity index (χ0v) is 16.0. The van der Waals surface area contributed by atoms with Crippen molar-refractivity contribution in [1.82, 2.24) is 5.16 Å². The van der Waals surface area contributed by atoms with Crippen LogP contribution < -0.4 is 9.47 Å². The Morgan fingerprint density at radius 3 is 2.14 bits per heavy atom. The molecule has 0 saturated heterocycles. The lowest BCUT2D eigenvalue weighted by Crippen LogP contribution is -2.13. The fourth-order valence-electron chi connectivity index (χ4n) is 2.96. The number of ether oxygens (including phenoxy) is 2. The fourth-order valence-corrected chi connectivity index (χ4v) is 2.96. The topological polar surface area (TPSA) is 85.0 Å². The largest absolute Gasteiger partial charge is 0.497 e. The van der Waals surface area contributed by atoms with Crippen LogP contribution in [0, 0.1) is 0 Å². The zero-order chi connectivity index (χ0) is 19.9. The molecule has 0 fully saturated rings. The van der Waals surface area contributed by atoms with Crippen LogP contribution in [0.2, 0.25) is 0 Å². The van der Waals surface area contributed by atoms with Gasteiger partial charge in [-0.25, -0.2) is 0 Å². The second-order valence-corrected chi connectivity index (χ2v) is 6.64. The van der Waals surface area contributed by atoms with Crippen LogP contribution in [0.4, 0.5) is 0 Å². The van der Waals surface area contributed by atoms with E-state index in [9.17, 15) is 10.2 Å². The highest BCUT2D eigenvalue weighted by Gasteiger charge is 2.18. The van der Waals surface area contributed by atoms with Crippen molar-refractivity contribution in [3.8, 4) is 22.8 Å².